The molecule has 0 heterocycles. The molecule has 4 N–H and O–H groups in total. The van der Waals surface area contributed by atoms with Gasteiger partial charge in [-0.1, -0.05) is 93.5 Å². The topological polar surface area (TPSA) is 131 Å². The van der Waals surface area contributed by atoms with E-state index in [-0.39, 0.29) is 25.9 Å². The number of carbonyl (C=O) groups is 4. The zero-order chi connectivity index (χ0) is 32.5. The Kier molecular flexibility index (Phi) is 15.0. The van der Waals surface area contributed by atoms with Crippen LogP contribution >= 0.6 is 0 Å². The summed E-state index contributed by atoms with van der Waals surface area (Å²) in [5.41, 5.74) is 6.47. The van der Waals surface area contributed by atoms with Crippen LogP contribution in [-0.4, -0.2) is 46.9 Å². The lowest BCUT2D eigenvalue weighted by atomic mass is 9.96. The molecule has 2 unspecified atom stereocenters. The lowest BCUT2D eigenvalue weighted by Crippen LogP contribution is -2.53. The van der Waals surface area contributed by atoms with E-state index in [4.69, 9.17) is 16.9 Å². The molecule has 9 heteroatoms. The number of nitrogens with zero attached hydrogens (tertiary/aromatic N) is 1. The van der Waals surface area contributed by atoms with Gasteiger partial charge < -0.3 is 26.0 Å². The van der Waals surface area contributed by atoms with Crippen LogP contribution in [0.15, 0.2) is 54.6 Å². The smallest absolute Gasteiger partial charge is 0.408 e. The maximum Gasteiger partial charge on any atom is 0.408 e. The zero-order valence-corrected chi connectivity index (χ0v) is 26.6. The molecule has 44 heavy (non-hydrogen) atoms. The van der Waals surface area contributed by atoms with Crippen molar-refractivity contribution in [3.8, 4) is 12.3 Å². The van der Waals surface area contributed by atoms with Crippen molar-refractivity contribution in [1.82, 2.24) is 15.5 Å². The average molecular weight is 605 g/mol. The molecule has 2 atom stereocenters. The Balaban J connectivity index is 2.53. The molecular weight excluding hydrogens is 556 g/mol. The number of carbonyl (C=O) groups excluding carboxylic acids is 4. The fourth-order valence-electron chi connectivity index (χ4n) is 4.82. The van der Waals surface area contributed by atoms with Gasteiger partial charge in [0.2, 0.25) is 17.7 Å². The van der Waals surface area contributed by atoms with Crippen molar-refractivity contribution in [2.75, 3.05) is 6.54 Å². The van der Waals surface area contributed by atoms with E-state index in [2.05, 4.69) is 23.5 Å². The van der Waals surface area contributed by atoms with Crippen molar-refractivity contribution in [3.05, 3.63) is 71.3 Å². The number of primary amides is 1. The number of rotatable bonds is 17. The standard InChI is InChI=1S/C35H48N4O5/c1-6-8-9-10-11-17-24-39(33(42)29(22-23-30(36)40)38-34(43)44-35(3,4)5)31(28-21-16-15-20-27(28)7-2)32(41)37-25-26-18-13-12-14-19-26/h2,12-16,18-21,29,31H,6,8-11,17,22-25H2,1,3-5H3,(H2,36,40)(H,37,41)(H,38,43). The molecule has 0 aromatic heterocycles. The van der Waals surface area contributed by atoms with Crippen molar-refractivity contribution in [1.29, 1.82) is 0 Å². The van der Waals surface area contributed by atoms with Crippen LogP contribution < -0.4 is 16.4 Å². The SMILES string of the molecule is C#Cc1ccccc1C(C(=O)NCc1ccccc1)N(CCCCCCCC)C(=O)C(CCC(N)=O)NC(=O)OC(C)(C)C. The molecule has 2 rings (SSSR count). The molecule has 9 nitrogen and oxygen atoms in total. The third-order valence-electron chi connectivity index (χ3n) is 6.98. The van der Waals surface area contributed by atoms with Gasteiger partial charge in [-0.15, -0.1) is 6.42 Å². The van der Waals surface area contributed by atoms with E-state index in [9.17, 15) is 19.2 Å². The number of hydrogen-bond acceptors (Lipinski definition) is 5. The Hall–Kier alpha value is -4.32. The molecule has 0 aliphatic rings. The first kappa shape index (κ1) is 35.9. The first-order chi connectivity index (χ1) is 21.0. The van der Waals surface area contributed by atoms with Crippen molar-refractivity contribution < 1.29 is 23.9 Å². The number of amides is 4. The second kappa shape index (κ2) is 18.4. The summed E-state index contributed by atoms with van der Waals surface area (Å²) in [5.74, 6) is 1.08. The maximum absolute atomic E-state index is 14.4. The van der Waals surface area contributed by atoms with Crippen molar-refractivity contribution in [3.63, 3.8) is 0 Å². The lowest BCUT2D eigenvalue weighted by molar-refractivity contribution is -0.143. The van der Waals surface area contributed by atoms with Crippen LogP contribution in [0, 0.1) is 12.3 Å². The second-order valence-corrected chi connectivity index (χ2v) is 11.8. The summed E-state index contributed by atoms with van der Waals surface area (Å²) in [6.07, 6.45) is 10.6. The Morgan fingerprint density at radius 1 is 0.955 bits per heavy atom. The van der Waals surface area contributed by atoms with E-state index >= 15 is 0 Å². The predicted molar refractivity (Wildman–Crippen MR) is 172 cm³/mol. The number of nitrogens with one attached hydrogen (secondary N) is 2. The van der Waals surface area contributed by atoms with Crippen LogP contribution in [-0.2, 0) is 25.7 Å². The third-order valence-corrected chi connectivity index (χ3v) is 6.98. The van der Waals surface area contributed by atoms with Gasteiger partial charge in [-0.3, -0.25) is 14.4 Å². The number of ether oxygens (including phenoxy) is 1. The van der Waals surface area contributed by atoms with E-state index in [1.165, 1.54) is 4.90 Å². The normalized spacial score (nSPS) is 12.3. The Morgan fingerprint density at radius 2 is 1.59 bits per heavy atom. The Bertz CT molecular complexity index is 1270. The molecule has 0 aliphatic heterocycles. The molecule has 238 valence electrons. The minimum Gasteiger partial charge on any atom is -0.444 e. The number of nitrogens with two attached hydrogens (primary N) is 1. The molecule has 0 aliphatic carbocycles. The molecule has 2 aromatic carbocycles. The molecule has 0 spiro atoms. The summed E-state index contributed by atoms with van der Waals surface area (Å²) >= 11 is 0. The van der Waals surface area contributed by atoms with Gasteiger partial charge in [0.05, 0.1) is 0 Å². The van der Waals surface area contributed by atoms with Gasteiger partial charge >= 0.3 is 6.09 Å². The molecule has 0 saturated heterocycles. The fraction of sp³-hybridized carbons (Fsp3) is 0.486. The largest absolute Gasteiger partial charge is 0.444 e. The summed E-state index contributed by atoms with van der Waals surface area (Å²) in [6, 6.07) is 14.2. The quantitative estimate of drug-likeness (QED) is 0.165. The van der Waals surface area contributed by atoms with Crippen LogP contribution in [0.1, 0.15) is 102 Å². The molecular formula is C35H48N4O5. The summed E-state index contributed by atoms with van der Waals surface area (Å²) < 4.78 is 5.41. The van der Waals surface area contributed by atoms with E-state index < -0.39 is 41.5 Å². The highest BCUT2D eigenvalue weighted by Gasteiger charge is 2.37. The Morgan fingerprint density at radius 3 is 2.23 bits per heavy atom. The average Bonchev–Trinajstić information content (AvgIpc) is 2.98. The monoisotopic (exact) mass is 604 g/mol. The number of benzene rings is 2. The van der Waals surface area contributed by atoms with E-state index in [1.54, 1.807) is 45.0 Å². The second-order valence-electron chi connectivity index (χ2n) is 11.8. The van der Waals surface area contributed by atoms with Gasteiger partial charge in [0.1, 0.15) is 17.7 Å². The number of hydrogen-bond donors (Lipinski definition) is 3. The molecule has 0 fully saturated rings. The first-order valence-corrected chi connectivity index (χ1v) is 15.4. The zero-order valence-electron chi connectivity index (χ0n) is 26.6. The van der Waals surface area contributed by atoms with Crippen molar-refractivity contribution >= 4 is 23.8 Å². The van der Waals surface area contributed by atoms with Gasteiger partial charge in [0, 0.05) is 25.1 Å². The van der Waals surface area contributed by atoms with E-state index in [0.29, 0.717) is 17.5 Å². The number of unbranched alkanes of at least 4 members (excludes halogenated alkanes) is 5. The molecule has 4 amide bonds. The van der Waals surface area contributed by atoms with Gasteiger partial charge in [0.15, 0.2) is 0 Å². The minimum absolute atomic E-state index is 0.0600. The number of alkyl carbamates (subject to hydrolysis) is 1. The Labute approximate surface area is 262 Å². The van der Waals surface area contributed by atoms with Crippen LogP contribution in [0.5, 0.6) is 0 Å². The highest BCUT2D eigenvalue weighted by molar-refractivity contribution is 5.93. The van der Waals surface area contributed by atoms with Crippen LogP contribution in [0.25, 0.3) is 0 Å². The summed E-state index contributed by atoms with van der Waals surface area (Å²) in [7, 11) is 0. The summed E-state index contributed by atoms with van der Waals surface area (Å²) in [6.45, 7) is 7.75. The van der Waals surface area contributed by atoms with Crippen LogP contribution in [0.4, 0.5) is 4.79 Å². The fourth-order valence-corrected chi connectivity index (χ4v) is 4.82. The van der Waals surface area contributed by atoms with E-state index in [1.807, 2.05) is 30.3 Å². The summed E-state index contributed by atoms with van der Waals surface area (Å²) in [5, 5.41) is 5.60. The van der Waals surface area contributed by atoms with Gasteiger partial charge in [-0.05, 0) is 50.8 Å². The highest BCUT2D eigenvalue weighted by Crippen LogP contribution is 2.27. The van der Waals surface area contributed by atoms with Crippen LogP contribution in [0.2, 0.25) is 0 Å². The molecule has 0 radical (unpaired) electrons. The molecule has 0 saturated carbocycles. The molecule has 2 aromatic rings. The summed E-state index contributed by atoms with van der Waals surface area (Å²) in [4.78, 5) is 54.5. The lowest BCUT2D eigenvalue weighted by Gasteiger charge is -2.35. The highest BCUT2D eigenvalue weighted by atomic mass is 16.6. The van der Waals surface area contributed by atoms with Crippen LogP contribution in [0.3, 0.4) is 0 Å². The van der Waals surface area contributed by atoms with Gasteiger partial charge in [-0.25, -0.2) is 4.79 Å². The predicted octanol–water partition coefficient (Wildman–Crippen LogP) is 5.37. The maximum atomic E-state index is 14.4. The van der Waals surface area contributed by atoms with Gasteiger partial charge in [0.25, 0.3) is 0 Å². The van der Waals surface area contributed by atoms with Crippen molar-refractivity contribution in [2.24, 2.45) is 5.73 Å². The number of terminal acetylenes is 1. The molecule has 0 bridgehead atoms. The third kappa shape index (κ3) is 12.5. The van der Waals surface area contributed by atoms with E-state index in [0.717, 1.165) is 37.7 Å². The van der Waals surface area contributed by atoms with Gasteiger partial charge in [-0.2, -0.15) is 0 Å². The first-order valence-electron chi connectivity index (χ1n) is 15.4. The minimum atomic E-state index is -1.17. The van der Waals surface area contributed by atoms with Crippen molar-refractivity contribution in [2.45, 2.75) is 103 Å².